The van der Waals surface area contributed by atoms with Gasteiger partial charge >= 0.3 is 5.97 Å². The Morgan fingerprint density at radius 2 is 1.32 bits per heavy atom. The van der Waals surface area contributed by atoms with Gasteiger partial charge in [-0.25, -0.2) is 4.79 Å². The first-order valence-electron chi connectivity index (χ1n) is 9.47. The second-order valence-corrected chi connectivity index (χ2v) is 6.69. The van der Waals surface area contributed by atoms with Gasteiger partial charge < -0.3 is 4.74 Å². The highest BCUT2D eigenvalue weighted by Gasteiger charge is 2.20. The lowest BCUT2D eigenvalue weighted by atomic mass is 9.98. The fourth-order valence-electron chi connectivity index (χ4n) is 2.75. The highest BCUT2D eigenvalue weighted by molar-refractivity contribution is 6.14. The lowest BCUT2D eigenvalue weighted by Gasteiger charge is -2.10. The summed E-state index contributed by atoms with van der Waals surface area (Å²) >= 11 is 0. The van der Waals surface area contributed by atoms with E-state index in [4.69, 9.17) is 4.74 Å². The van der Waals surface area contributed by atoms with Crippen LogP contribution in [0.1, 0.15) is 42.2 Å². The molecule has 3 rings (SSSR count). The topological polar surface area (TPSA) is 102 Å². The second kappa shape index (κ2) is 9.98. The van der Waals surface area contributed by atoms with Crippen LogP contribution in [0.5, 0.6) is 0 Å². The molecule has 0 radical (unpaired) electrons. The van der Waals surface area contributed by atoms with Gasteiger partial charge in [-0.05, 0) is 25.1 Å². The number of hydrogen-bond donors (Lipinski definition) is 2. The fraction of sp³-hybridized carbons (Fsp3) is 0.0833. The molecule has 0 aliphatic carbocycles. The van der Waals surface area contributed by atoms with Gasteiger partial charge in [0.2, 0.25) is 0 Å². The largest absolute Gasteiger partial charge is 0.452 e. The van der Waals surface area contributed by atoms with Gasteiger partial charge in [0.1, 0.15) is 0 Å². The van der Waals surface area contributed by atoms with E-state index in [1.54, 1.807) is 54.6 Å². The third-order valence-electron chi connectivity index (χ3n) is 4.39. The van der Waals surface area contributed by atoms with Gasteiger partial charge in [-0.1, -0.05) is 66.2 Å². The number of carbonyl (C=O) groups excluding carboxylic acids is 4. The Morgan fingerprint density at radius 1 is 0.710 bits per heavy atom. The zero-order valence-corrected chi connectivity index (χ0v) is 16.8. The van der Waals surface area contributed by atoms with E-state index in [1.165, 1.54) is 12.1 Å². The molecule has 0 unspecified atom stereocenters. The SMILES string of the molecule is Cc1ccc(C(=O)c2ccccc2C(=O)OCC(=O)NNC(=O)c2ccccc2)cc1. The van der Waals surface area contributed by atoms with Gasteiger partial charge in [0.15, 0.2) is 12.4 Å². The molecule has 0 bridgehead atoms. The van der Waals surface area contributed by atoms with Gasteiger partial charge in [-0.3, -0.25) is 25.2 Å². The molecule has 0 heterocycles. The molecule has 3 aromatic rings. The fourth-order valence-corrected chi connectivity index (χ4v) is 2.75. The van der Waals surface area contributed by atoms with E-state index in [9.17, 15) is 19.2 Å². The van der Waals surface area contributed by atoms with Crippen molar-refractivity contribution in [3.8, 4) is 0 Å². The molecule has 0 aliphatic heterocycles. The molecular weight excluding hydrogens is 396 g/mol. The van der Waals surface area contributed by atoms with Crippen molar-refractivity contribution in [3.63, 3.8) is 0 Å². The van der Waals surface area contributed by atoms with Crippen molar-refractivity contribution in [2.75, 3.05) is 6.61 Å². The zero-order valence-electron chi connectivity index (χ0n) is 16.8. The van der Waals surface area contributed by atoms with Crippen molar-refractivity contribution in [2.45, 2.75) is 6.92 Å². The van der Waals surface area contributed by atoms with Gasteiger partial charge in [0.05, 0.1) is 5.56 Å². The van der Waals surface area contributed by atoms with Crippen LogP contribution < -0.4 is 10.9 Å². The summed E-state index contributed by atoms with van der Waals surface area (Å²) < 4.78 is 5.02. The highest BCUT2D eigenvalue weighted by Crippen LogP contribution is 2.16. The van der Waals surface area contributed by atoms with Crippen molar-refractivity contribution >= 4 is 23.6 Å². The molecule has 7 heteroatoms. The van der Waals surface area contributed by atoms with Crippen LogP contribution >= 0.6 is 0 Å². The third kappa shape index (κ3) is 5.63. The number of esters is 1. The molecule has 3 aromatic carbocycles. The van der Waals surface area contributed by atoms with Crippen molar-refractivity contribution in [3.05, 3.63) is 107 Å². The summed E-state index contributed by atoms with van der Waals surface area (Å²) in [5.41, 5.74) is 6.44. The van der Waals surface area contributed by atoms with Gasteiger partial charge in [-0.15, -0.1) is 0 Å². The number of hydrogen-bond acceptors (Lipinski definition) is 5. The Labute approximate surface area is 179 Å². The number of benzene rings is 3. The highest BCUT2D eigenvalue weighted by atomic mass is 16.5. The normalized spacial score (nSPS) is 10.1. The van der Waals surface area contributed by atoms with E-state index in [1.807, 2.05) is 19.1 Å². The molecule has 0 aliphatic rings. The Bertz CT molecular complexity index is 1110. The Balaban J connectivity index is 1.59. The molecule has 31 heavy (non-hydrogen) atoms. The number of rotatable bonds is 6. The summed E-state index contributed by atoms with van der Waals surface area (Å²) in [4.78, 5) is 49.1. The van der Waals surface area contributed by atoms with Crippen LogP contribution in [-0.2, 0) is 9.53 Å². The van der Waals surface area contributed by atoms with E-state index in [0.717, 1.165) is 5.56 Å². The van der Waals surface area contributed by atoms with Crippen LogP contribution in [0.3, 0.4) is 0 Å². The minimum Gasteiger partial charge on any atom is -0.452 e. The minimum atomic E-state index is -0.819. The Morgan fingerprint density at radius 3 is 2.00 bits per heavy atom. The predicted molar refractivity (Wildman–Crippen MR) is 113 cm³/mol. The van der Waals surface area contributed by atoms with Gasteiger partial charge in [-0.2, -0.15) is 0 Å². The number of ether oxygens (including phenoxy) is 1. The van der Waals surface area contributed by atoms with E-state index in [-0.39, 0.29) is 16.9 Å². The first-order valence-corrected chi connectivity index (χ1v) is 9.47. The van der Waals surface area contributed by atoms with Crippen LogP contribution in [0.4, 0.5) is 0 Å². The van der Waals surface area contributed by atoms with E-state index < -0.39 is 24.4 Å². The number of amides is 2. The monoisotopic (exact) mass is 416 g/mol. The first kappa shape index (κ1) is 21.4. The maximum atomic E-state index is 12.8. The van der Waals surface area contributed by atoms with Crippen molar-refractivity contribution < 1.29 is 23.9 Å². The predicted octanol–water partition coefficient (Wildman–Crippen LogP) is 2.84. The summed E-state index contributed by atoms with van der Waals surface area (Å²) in [5.74, 6) is -2.37. The molecule has 7 nitrogen and oxygen atoms in total. The molecule has 2 amide bonds. The van der Waals surface area contributed by atoms with Crippen LogP contribution in [0.15, 0.2) is 78.9 Å². The maximum Gasteiger partial charge on any atom is 0.339 e. The number of carbonyl (C=O) groups is 4. The second-order valence-electron chi connectivity index (χ2n) is 6.69. The molecular formula is C24H20N2O5. The van der Waals surface area contributed by atoms with Crippen LogP contribution in [0.2, 0.25) is 0 Å². The number of ketones is 1. The van der Waals surface area contributed by atoms with Crippen molar-refractivity contribution in [1.82, 2.24) is 10.9 Å². The molecule has 2 N–H and O–H groups in total. The van der Waals surface area contributed by atoms with E-state index in [2.05, 4.69) is 10.9 Å². The molecule has 0 saturated carbocycles. The molecule has 0 saturated heterocycles. The lowest BCUT2D eigenvalue weighted by molar-refractivity contribution is -0.125. The zero-order chi connectivity index (χ0) is 22.2. The van der Waals surface area contributed by atoms with Crippen LogP contribution in [0.25, 0.3) is 0 Å². The van der Waals surface area contributed by atoms with Crippen molar-refractivity contribution in [1.29, 1.82) is 0 Å². The first-order chi connectivity index (χ1) is 15.0. The molecule has 0 fully saturated rings. The maximum absolute atomic E-state index is 12.8. The van der Waals surface area contributed by atoms with Crippen molar-refractivity contribution in [2.24, 2.45) is 0 Å². The summed E-state index contributed by atoms with van der Waals surface area (Å²) in [6.07, 6.45) is 0. The third-order valence-corrected chi connectivity index (χ3v) is 4.39. The van der Waals surface area contributed by atoms with Gasteiger partial charge in [0.25, 0.3) is 11.8 Å². The molecule has 0 atom stereocenters. The quantitative estimate of drug-likeness (QED) is 0.366. The average Bonchev–Trinajstić information content (AvgIpc) is 2.81. The van der Waals surface area contributed by atoms with Crippen LogP contribution in [0, 0.1) is 6.92 Å². The summed E-state index contributed by atoms with van der Waals surface area (Å²) in [7, 11) is 0. The Kier molecular flexibility index (Phi) is 6.90. The molecule has 0 spiro atoms. The number of nitrogens with one attached hydrogen (secondary N) is 2. The minimum absolute atomic E-state index is 0.0502. The average molecular weight is 416 g/mol. The summed E-state index contributed by atoms with van der Waals surface area (Å²) in [5, 5.41) is 0. The standard InChI is InChI=1S/C24H20N2O5/c1-16-11-13-17(14-12-16)22(28)19-9-5-6-10-20(19)24(30)31-15-21(27)25-26-23(29)18-7-3-2-4-8-18/h2-14H,15H2,1H3,(H,25,27)(H,26,29). The smallest absolute Gasteiger partial charge is 0.339 e. The number of aryl methyl sites for hydroxylation is 1. The summed E-state index contributed by atoms with van der Waals surface area (Å²) in [6, 6.07) is 21.5. The van der Waals surface area contributed by atoms with E-state index >= 15 is 0 Å². The Hall–Kier alpha value is -4.26. The van der Waals surface area contributed by atoms with Crippen LogP contribution in [-0.4, -0.2) is 30.2 Å². The van der Waals surface area contributed by atoms with E-state index in [0.29, 0.717) is 11.1 Å². The summed E-state index contributed by atoms with van der Waals surface area (Å²) in [6.45, 7) is 1.29. The number of hydrazine groups is 1. The molecule has 0 aromatic heterocycles. The lowest BCUT2D eigenvalue weighted by Crippen LogP contribution is -2.43. The van der Waals surface area contributed by atoms with Gasteiger partial charge in [0, 0.05) is 16.7 Å². The molecule has 156 valence electrons.